The second-order valence-corrected chi connectivity index (χ2v) is 6.99. The molecule has 2 N–H and O–H groups in total. The number of nitrogens with one attached hydrogen (secondary N) is 2. The average molecular weight is 377 g/mol. The van der Waals surface area contributed by atoms with Crippen molar-refractivity contribution in [2.45, 2.75) is 19.4 Å². The highest BCUT2D eigenvalue weighted by Crippen LogP contribution is 2.41. The highest BCUT2D eigenvalue weighted by atomic mass is 35.5. The maximum Gasteiger partial charge on any atom is 0.228 e. The van der Waals surface area contributed by atoms with E-state index in [0.717, 1.165) is 5.56 Å². The van der Waals surface area contributed by atoms with Gasteiger partial charge in [-0.3, -0.25) is 9.59 Å². The van der Waals surface area contributed by atoms with Gasteiger partial charge in [0.1, 0.15) is 0 Å². The summed E-state index contributed by atoms with van der Waals surface area (Å²) in [5.41, 5.74) is 1.42. The molecule has 3 unspecified atom stereocenters. The summed E-state index contributed by atoms with van der Waals surface area (Å²) < 4.78 is 0. The van der Waals surface area contributed by atoms with Gasteiger partial charge in [-0.1, -0.05) is 59.6 Å². The van der Waals surface area contributed by atoms with Crippen molar-refractivity contribution in [2.75, 3.05) is 5.32 Å². The summed E-state index contributed by atoms with van der Waals surface area (Å²) in [6.45, 7) is 1.92. The molecule has 1 aliphatic carbocycles. The van der Waals surface area contributed by atoms with Crippen molar-refractivity contribution in [1.82, 2.24) is 5.32 Å². The summed E-state index contributed by atoms with van der Waals surface area (Å²) in [5.74, 6) is -1.01. The van der Waals surface area contributed by atoms with Crippen LogP contribution in [0.25, 0.3) is 0 Å². The van der Waals surface area contributed by atoms with E-state index in [2.05, 4.69) is 10.6 Å². The van der Waals surface area contributed by atoms with Gasteiger partial charge in [0.2, 0.25) is 11.8 Å². The molecule has 0 bridgehead atoms. The van der Waals surface area contributed by atoms with E-state index in [-0.39, 0.29) is 29.7 Å². The number of benzene rings is 2. The molecule has 0 spiro atoms. The van der Waals surface area contributed by atoms with Gasteiger partial charge in [0.05, 0.1) is 33.6 Å². The zero-order valence-corrected chi connectivity index (χ0v) is 15.1. The lowest BCUT2D eigenvalue weighted by molar-refractivity contribution is -0.125. The lowest BCUT2D eigenvalue weighted by atomic mass is 10.1. The molecule has 1 aliphatic rings. The Balaban J connectivity index is 1.57. The minimum absolute atomic E-state index is 0.101. The molecule has 0 heterocycles. The Bertz CT molecular complexity index is 775. The van der Waals surface area contributed by atoms with Gasteiger partial charge in [0, 0.05) is 0 Å². The number of anilines is 1. The minimum atomic E-state index is -0.352. The predicted octanol–water partition coefficient (Wildman–Crippen LogP) is 4.45. The first-order valence-corrected chi connectivity index (χ1v) is 8.83. The SMILES string of the molecule is CC(NC(=O)C1CC1C(=O)Nc1c(Cl)cccc1Cl)c1ccccc1. The third kappa shape index (κ3) is 4.14. The molecule has 25 heavy (non-hydrogen) atoms. The molecule has 3 atom stereocenters. The lowest BCUT2D eigenvalue weighted by Crippen LogP contribution is -2.29. The van der Waals surface area contributed by atoms with E-state index in [1.807, 2.05) is 37.3 Å². The Morgan fingerprint density at radius 1 is 0.960 bits per heavy atom. The van der Waals surface area contributed by atoms with E-state index in [1.54, 1.807) is 18.2 Å². The van der Waals surface area contributed by atoms with Crippen molar-refractivity contribution in [2.24, 2.45) is 11.8 Å². The van der Waals surface area contributed by atoms with E-state index < -0.39 is 0 Å². The van der Waals surface area contributed by atoms with Gasteiger partial charge in [-0.25, -0.2) is 0 Å². The van der Waals surface area contributed by atoms with Crippen LogP contribution in [0.3, 0.4) is 0 Å². The number of hydrogen-bond acceptors (Lipinski definition) is 2. The first kappa shape index (κ1) is 17.8. The molecule has 2 aromatic carbocycles. The molecule has 3 rings (SSSR count). The minimum Gasteiger partial charge on any atom is -0.349 e. The van der Waals surface area contributed by atoms with Gasteiger partial charge in [0.25, 0.3) is 0 Å². The molecule has 4 nitrogen and oxygen atoms in total. The predicted molar refractivity (Wildman–Crippen MR) is 99.7 cm³/mol. The Labute approximate surface area is 156 Å². The van der Waals surface area contributed by atoms with Gasteiger partial charge in [0.15, 0.2) is 0 Å². The maximum absolute atomic E-state index is 12.3. The fourth-order valence-corrected chi connectivity index (χ4v) is 3.25. The summed E-state index contributed by atoms with van der Waals surface area (Å²) in [4.78, 5) is 24.7. The van der Waals surface area contributed by atoms with Crippen LogP contribution in [0.4, 0.5) is 5.69 Å². The standard InChI is InChI=1S/C19H18Cl2N2O2/c1-11(12-6-3-2-4-7-12)22-18(24)13-10-14(13)19(25)23-17-15(20)8-5-9-16(17)21/h2-9,11,13-14H,10H2,1H3,(H,22,24)(H,23,25). The number of halogens is 2. The quantitative estimate of drug-likeness (QED) is 0.809. The lowest BCUT2D eigenvalue weighted by Gasteiger charge is -2.14. The van der Waals surface area contributed by atoms with Crippen LogP contribution in [-0.2, 0) is 9.59 Å². The van der Waals surface area contributed by atoms with E-state index in [1.165, 1.54) is 0 Å². The summed E-state index contributed by atoms with van der Waals surface area (Å²) in [7, 11) is 0. The zero-order valence-electron chi connectivity index (χ0n) is 13.6. The third-order valence-electron chi connectivity index (χ3n) is 4.33. The number of carbonyl (C=O) groups excluding carboxylic acids is 2. The zero-order chi connectivity index (χ0) is 18.0. The highest BCUT2D eigenvalue weighted by Gasteiger charge is 2.48. The van der Waals surface area contributed by atoms with E-state index in [4.69, 9.17) is 23.2 Å². The molecular formula is C19H18Cl2N2O2. The average Bonchev–Trinajstić information content (AvgIpc) is 3.40. The van der Waals surface area contributed by atoms with Crippen molar-refractivity contribution in [3.05, 3.63) is 64.1 Å². The third-order valence-corrected chi connectivity index (χ3v) is 4.96. The van der Waals surface area contributed by atoms with E-state index in [0.29, 0.717) is 22.2 Å². The molecule has 1 fully saturated rings. The molecule has 0 aromatic heterocycles. The van der Waals surface area contributed by atoms with E-state index in [9.17, 15) is 9.59 Å². The molecule has 1 saturated carbocycles. The number of hydrogen-bond donors (Lipinski definition) is 2. The Morgan fingerprint density at radius 3 is 2.20 bits per heavy atom. The smallest absolute Gasteiger partial charge is 0.228 e. The Hall–Kier alpha value is -2.04. The van der Waals surface area contributed by atoms with E-state index >= 15 is 0 Å². The second-order valence-electron chi connectivity index (χ2n) is 6.18. The van der Waals surface area contributed by atoms with Crippen LogP contribution in [0.1, 0.15) is 24.9 Å². The fourth-order valence-electron chi connectivity index (χ4n) is 2.75. The van der Waals surface area contributed by atoms with Crippen LogP contribution in [0.15, 0.2) is 48.5 Å². The number of para-hydroxylation sites is 1. The van der Waals surface area contributed by atoms with Crippen LogP contribution in [0, 0.1) is 11.8 Å². The van der Waals surface area contributed by atoms with Gasteiger partial charge < -0.3 is 10.6 Å². The number of rotatable bonds is 5. The monoisotopic (exact) mass is 376 g/mol. The van der Waals surface area contributed by atoms with Crippen LogP contribution < -0.4 is 10.6 Å². The molecular weight excluding hydrogens is 359 g/mol. The van der Waals surface area contributed by atoms with Crippen LogP contribution in [-0.4, -0.2) is 11.8 Å². The topological polar surface area (TPSA) is 58.2 Å². The van der Waals surface area contributed by atoms with Gasteiger partial charge >= 0.3 is 0 Å². The van der Waals surface area contributed by atoms with Gasteiger partial charge in [-0.05, 0) is 31.0 Å². The molecule has 0 saturated heterocycles. The van der Waals surface area contributed by atoms with Crippen LogP contribution in [0.2, 0.25) is 10.0 Å². The first-order chi connectivity index (χ1) is 12.0. The molecule has 0 radical (unpaired) electrons. The number of amides is 2. The largest absolute Gasteiger partial charge is 0.349 e. The summed E-state index contributed by atoms with van der Waals surface area (Å²) in [6.07, 6.45) is 0.529. The van der Waals surface area contributed by atoms with Crippen molar-refractivity contribution < 1.29 is 9.59 Å². The van der Waals surface area contributed by atoms with Crippen LogP contribution >= 0.6 is 23.2 Å². The van der Waals surface area contributed by atoms with Crippen molar-refractivity contribution in [3.8, 4) is 0 Å². The normalized spacial score (nSPS) is 19.8. The Morgan fingerprint density at radius 2 is 1.56 bits per heavy atom. The van der Waals surface area contributed by atoms with Crippen molar-refractivity contribution in [3.63, 3.8) is 0 Å². The second kappa shape index (κ2) is 7.46. The van der Waals surface area contributed by atoms with Crippen molar-refractivity contribution >= 4 is 40.7 Å². The summed E-state index contributed by atoms with van der Waals surface area (Å²) >= 11 is 12.1. The molecule has 2 amide bonds. The first-order valence-electron chi connectivity index (χ1n) is 8.07. The summed E-state index contributed by atoms with van der Waals surface area (Å²) in [6, 6.07) is 14.6. The molecule has 6 heteroatoms. The highest BCUT2D eigenvalue weighted by molar-refractivity contribution is 6.39. The van der Waals surface area contributed by atoms with Crippen LogP contribution in [0.5, 0.6) is 0 Å². The van der Waals surface area contributed by atoms with Crippen molar-refractivity contribution in [1.29, 1.82) is 0 Å². The Kier molecular flexibility index (Phi) is 5.30. The van der Waals surface area contributed by atoms with Gasteiger partial charge in [-0.2, -0.15) is 0 Å². The molecule has 2 aromatic rings. The fraction of sp³-hybridized carbons (Fsp3) is 0.263. The maximum atomic E-state index is 12.3. The summed E-state index contributed by atoms with van der Waals surface area (Å²) in [5, 5.41) is 6.44. The molecule has 0 aliphatic heterocycles. The number of carbonyl (C=O) groups is 2. The van der Waals surface area contributed by atoms with Gasteiger partial charge in [-0.15, -0.1) is 0 Å². The molecule has 130 valence electrons.